The topological polar surface area (TPSA) is 118 Å². The van der Waals surface area contributed by atoms with E-state index in [1.807, 2.05) is 13.8 Å². The zero-order valence-corrected chi connectivity index (χ0v) is 18.2. The van der Waals surface area contributed by atoms with Crippen molar-refractivity contribution in [1.82, 2.24) is 4.90 Å². The molecule has 2 fully saturated rings. The zero-order valence-electron chi connectivity index (χ0n) is 17.4. The van der Waals surface area contributed by atoms with Crippen LogP contribution in [0.3, 0.4) is 0 Å². The van der Waals surface area contributed by atoms with E-state index < -0.39 is 27.9 Å². The van der Waals surface area contributed by atoms with Crippen LogP contribution in [-0.4, -0.2) is 43.1 Å². The lowest BCUT2D eigenvalue weighted by molar-refractivity contribution is -0.145. The fourth-order valence-electron chi connectivity index (χ4n) is 4.32. The Morgan fingerprint density at radius 1 is 1.17 bits per heavy atom. The summed E-state index contributed by atoms with van der Waals surface area (Å²) in [6, 6.07) is 4.30. The van der Waals surface area contributed by atoms with Crippen LogP contribution in [0.15, 0.2) is 29.2 Å². The van der Waals surface area contributed by atoms with Crippen LogP contribution in [0.25, 0.3) is 0 Å². The Balaban J connectivity index is 1.87. The molecule has 2 unspecified atom stereocenters. The van der Waals surface area contributed by atoms with Gasteiger partial charge in [-0.1, -0.05) is 26.2 Å². The molecule has 1 heterocycles. The van der Waals surface area contributed by atoms with Crippen LogP contribution >= 0.6 is 0 Å². The lowest BCUT2D eigenvalue weighted by atomic mass is 9.87. The second kappa shape index (κ2) is 8.85. The molecule has 1 saturated carbocycles. The number of nitrogens with two attached hydrogens (primary N) is 1. The average molecular weight is 436 g/mol. The Hall–Kier alpha value is -2.26. The molecule has 1 aliphatic heterocycles. The summed E-state index contributed by atoms with van der Waals surface area (Å²) in [6.07, 6.45) is 5.38. The van der Waals surface area contributed by atoms with Crippen LogP contribution < -0.4 is 10.0 Å². The van der Waals surface area contributed by atoms with Gasteiger partial charge in [-0.2, -0.15) is 0 Å². The number of hydrogen-bond donors (Lipinski definition) is 1. The van der Waals surface area contributed by atoms with Crippen molar-refractivity contribution in [3.05, 3.63) is 24.3 Å². The summed E-state index contributed by atoms with van der Waals surface area (Å²) in [5.74, 6) is -0.994. The van der Waals surface area contributed by atoms with Gasteiger partial charge in [0.05, 0.1) is 17.0 Å². The fraction of sp³-hybridized carbons (Fsp3) is 0.571. The summed E-state index contributed by atoms with van der Waals surface area (Å²) < 4.78 is 22.9. The van der Waals surface area contributed by atoms with Gasteiger partial charge in [0.2, 0.25) is 21.8 Å². The van der Waals surface area contributed by atoms with E-state index in [4.69, 9.17) is 5.14 Å². The fourth-order valence-corrected chi connectivity index (χ4v) is 4.84. The Morgan fingerprint density at radius 2 is 1.77 bits per heavy atom. The van der Waals surface area contributed by atoms with Crippen molar-refractivity contribution < 1.29 is 22.8 Å². The second-order valence-corrected chi connectivity index (χ2v) is 9.73. The molecule has 2 N–H and O–H groups in total. The zero-order chi connectivity index (χ0) is 22.1. The van der Waals surface area contributed by atoms with Crippen molar-refractivity contribution in [2.75, 3.05) is 4.90 Å². The highest BCUT2D eigenvalue weighted by atomic mass is 32.2. The molecule has 30 heavy (non-hydrogen) atoms. The number of imide groups is 1. The number of anilines is 1. The molecule has 0 spiro atoms. The quantitative estimate of drug-likeness (QED) is 0.687. The lowest BCUT2D eigenvalue weighted by Gasteiger charge is -2.36. The molecule has 164 valence electrons. The molecule has 2 atom stereocenters. The molecule has 1 aliphatic carbocycles. The number of benzene rings is 1. The maximum atomic E-state index is 13.3. The molecule has 1 aromatic carbocycles. The van der Waals surface area contributed by atoms with E-state index in [0.717, 1.165) is 37.0 Å². The van der Waals surface area contributed by atoms with Crippen molar-refractivity contribution in [3.8, 4) is 0 Å². The van der Waals surface area contributed by atoms with Crippen LogP contribution in [0.5, 0.6) is 0 Å². The van der Waals surface area contributed by atoms with Gasteiger partial charge < -0.3 is 4.90 Å². The van der Waals surface area contributed by atoms with E-state index in [2.05, 4.69) is 0 Å². The average Bonchev–Trinajstić information content (AvgIpc) is 3.01. The summed E-state index contributed by atoms with van der Waals surface area (Å²) in [5, 5.41) is 5.11. The minimum Gasteiger partial charge on any atom is -0.327 e. The molecule has 8 nitrogen and oxygen atoms in total. The minimum absolute atomic E-state index is 0.0402. The Bertz CT molecular complexity index is 922. The molecular formula is C21H29N3O5S. The van der Waals surface area contributed by atoms with E-state index in [1.54, 1.807) is 4.90 Å². The number of sulfonamides is 1. The van der Waals surface area contributed by atoms with Gasteiger partial charge >= 0.3 is 0 Å². The third-order valence-corrected chi connectivity index (χ3v) is 7.09. The Labute approximate surface area is 177 Å². The highest BCUT2D eigenvalue weighted by molar-refractivity contribution is 7.89. The SMILES string of the molecule is CCC(C)N(C(=O)C1CCCCC1)C1CC(=O)N(c2ccc(S(N)(=O)=O)cc2)C1=O. The largest absolute Gasteiger partial charge is 0.327 e. The van der Waals surface area contributed by atoms with E-state index in [9.17, 15) is 22.8 Å². The molecule has 2 aliphatic rings. The smallest absolute Gasteiger partial charge is 0.257 e. The van der Waals surface area contributed by atoms with Crippen LogP contribution in [0.4, 0.5) is 5.69 Å². The number of rotatable bonds is 6. The first kappa shape index (κ1) is 22.4. The minimum atomic E-state index is -3.87. The van der Waals surface area contributed by atoms with Crippen LogP contribution in [0.1, 0.15) is 58.8 Å². The molecule has 3 rings (SSSR count). The van der Waals surface area contributed by atoms with Gasteiger partial charge in [0.15, 0.2) is 0 Å². The predicted octanol–water partition coefficient (Wildman–Crippen LogP) is 2.17. The first-order chi connectivity index (χ1) is 14.1. The van der Waals surface area contributed by atoms with Gasteiger partial charge in [-0.3, -0.25) is 14.4 Å². The summed E-state index contributed by atoms with van der Waals surface area (Å²) >= 11 is 0. The first-order valence-electron chi connectivity index (χ1n) is 10.5. The molecule has 1 saturated heterocycles. The maximum absolute atomic E-state index is 13.3. The standard InChI is InChI=1S/C21H29N3O5S/c1-3-14(2)23(20(26)15-7-5-4-6-8-15)18-13-19(25)24(21(18)27)16-9-11-17(12-10-16)30(22,28)29/h9-12,14-15,18H,3-8,13H2,1-2H3,(H2,22,28,29). The summed E-state index contributed by atoms with van der Waals surface area (Å²) in [5.41, 5.74) is 0.272. The van der Waals surface area contributed by atoms with Crippen LogP contribution in [0.2, 0.25) is 0 Å². The molecular weight excluding hydrogens is 406 g/mol. The van der Waals surface area contributed by atoms with Crippen molar-refractivity contribution >= 4 is 33.4 Å². The molecule has 0 radical (unpaired) electrons. The van der Waals surface area contributed by atoms with Gasteiger partial charge in [0.25, 0.3) is 5.91 Å². The predicted molar refractivity (Wildman–Crippen MR) is 112 cm³/mol. The highest BCUT2D eigenvalue weighted by Gasteiger charge is 2.46. The third-order valence-electron chi connectivity index (χ3n) is 6.16. The highest BCUT2D eigenvalue weighted by Crippen LogP contribution is 2.32. The van der Waals surface area contributed by atoms with E-state index in [-0.39, 0.29) is 34.9 Å². The normalized spacial score (nSPS) is 21.7. The summed E-state index contributed by atoms with van der Waals surface area (Å²) in [6.45, 7) is 3.86. The van der Waals surface area contributed by atoms with Gasteiger partial charge in [0.1, 0.15) is 6.04 Å². The molecule has 1 aromatic rings. The molecule has 3 amide bonds. The van der Waals surface area contributed by atoms with Gasteiger partial charge in [-0.15, -0.1) is 0 Å². The van der Waals surface area contributed by atoms with Gasteiger partial charge in [0, 0.05) is 12.0 Å². The van der Waals surface area contributed by atoms with Crippen molar-refractivity contribution in [1.29, 1.82) is 0 Å². The monoisotopic (exact) mass is 435 g/mol. The number of carbonyl (C=O) groups is 3. The number of nitrogens with zero attached hydrogens (tertiary/aromatic N) is 2. The lowest BCUT2D eigenvalue weighted by Crippen LogP contribution is -2.52. The summed E-state index contributed by atoms with van der Waals surface area (Å²) in [4.78, 5) is 41.8. The Kier molecular flexibility index (Phi) is 6.62. The van der Waals surface area contributed by atoms with E-state index in [1.165, 1.54) is 24.3 Å². The van der Waals surface area contributed by atoms with Crippen molar-refractivity contribution in [2.45, 2.75) is 75.8 Å². The molecule has 0 bridgehead atoms. The summed E-state index contributed by atoms with van der Waals surface area (Å²) in [7, 11) is -3.87. The van der Waals surface area contributed by atoms with Gasteiger partial charge in [-0.05, 0) is 50.5 Å². The van der Waals surface area contributed by atoms with Crippen LogP contribution in [-0.2, 0) is 24.4 Å². The third kappa shape index (κ3) is 4.41. The second-order valence-electron chi connectivity index (χ2n) is 8.16. The van der Waals surface area contributed by atoms with Crippen LogP contribution in [0, 0.1) is 5.92 Å². The number of amides is 3. The molecule has 9 heteroatoms. The van der Waals surface area contributed by atoms with E-state index >= 15 is 0 Å². The maximum Gasteiger partial charge on any atom is 0.257 e. The van der Waals surface area contributed by atoms with Gasteiger partial charge in [-0.25, -0.2) is 18.5 Å². The first-order valence-corrected chi connectivity index (χ1v) is 12.0. The number of hydrogen-bond acceptors (Lipinski definition) is 5. The molecule has 0 aromatic heterocycles. The Morgan fingerprint density at radius 3 is 2.30 bits per heavy atom. The van der Waals surface area contributed by atoms with Crippen molar-refractivity contribution in [3.63, 3.8) is 0 Å². The number of carbonyl (C=O) groups excluding carboxylic acids is 3. The van der Waals surface area contributed by atoms with Crippen molar-refractivity contribution in [2.24, 2.45) is 11.1 Å². The van der Waals surface area contributed by atoms with E-state index in [0.29, 0.717) is 6.42 Å². The number of primary sulfonamides is 1.